The Labute approximate surface area is 126 Å². The van der Waals surface area contributed by atoms with Crippen LogP contribution in [-0.4, -0.2) is 45.8 Å². The van der Waals surface area contributed by atoms with Crippen LogP contribution < -0.4 is 5.32 Å². The lowest BCUT2D eigenvalue weighted by molar-refractivity contribution is 0.234. The summed E-state index contributed by atoms with van der Waals surface area (Å²) in [4.78, 5) is 2.63. The monoisotopic (exact) mass is 316 g/mol. The lowest BCUT2D eigenvalue weighted by Crippen LogP contribution is -2.40. The summed E-state index contributed by atoms with van der Waals surface area (Å²) in [5.74, 6) is 0. The second-order valence-electron chi connectivity index (χ2n) is 5.45. The molecule has 1 aromatic carbocycles. The Kier molecular flexibility index (Phi) is 5.07. The average molecular weight is 317 g/mol. The van der Waals surface area contributed by atoms with E-state index in [2.05, 4.69) is 17.3 Å². The molecule has 0 spiro atoms. The molecule has 1 aromatic rings. The Morgan fingerprint density at radius 2 is 2.00 bits per heavy atom. The molecule has 1 aliphatic heterocycles. The summed E-state index contributed by atoms with van der Waals surface area (Å²) >= 11 is 6.16. The Morgan fingerprint density at radius 3 is 2.60 bits per heavy atom. The molecule has 2 rings (SSSR count). The molecular weight excluding hydrogens is 296 g/mol. The van der Waals surface area contributed by atoms with E-state index in [9.17, 15) is 8.42 Å². The van der Waals surface area contributed by atoms with Crippen molar-refractivity contribution in [3.8, 4) is 0 Å². The van der Waals surface area contributed by atoms with Crippen molar-refractivity contribution in [2.45, 2.75) is 30.3 Å². The Bertz CT molecular complexity index is 567. The SMILES string of the molecule is CN1CCC(NCc2c(Cl)cccc2S(C)(=O)=O)CC1. The summed E-state index contributed by atoms with van der Waals surface area (Å²) < 4.78 is 23.6. The molecule has 1 N–H and O–H groups in total. The minimum absolute atomic E-state index is 0.324. The maximum atomic E-state index is 11.8. The van der Waals surface area contributed by atoms with Crippen LogP contribution in [0, 0.1) is 0 Å². The molecule has 0 saturated carbocycles. The fourth-order valence-corrected chi connectivity index (χ4v) is 3.77. The van der Waals surface area contributed by atoms with Gasteiger partial charge in [0, 0.05) is 29.4 Å². The van der Waals surface area contributed by atoms with Crippen LogP contribution in [0.25, 0.3) is 0 Å². The number of hydrogen-bond acceptors (Lipinski definition) is 4. The van der Waals surface area contributed by atoms with Gasteiger partial charge >= 0.3 is 0 Å². The molecule has 1 saturated heterocycles. The summed E-state index contributed by atoms with van der Waals surface area (Å²) in [6, 6.07) is 5.46. The van der Waals surface area contributed by atoms with Crippen molar-refractivity contribution in [1.29, 1.82) is 0 Å². The summed E-state index contributed by atoms with van der Waals surface area (Å²) in [6.07, 6.45) is 3.38. The first-order valence-electron chi connectivity index (χ1n) is 6.77. The minimum Gasteiger partial charge on any atom is -0.310 e. The first kappa shape index (κ1) is 15.8. The fourth-order valence-electron chi connectivity index (χ4n) is 2.52. The molecule has 4 nitrogen and oxygen atoms in total. The zero-order valence-electron chi connectivity index (χ0n) is 11.9. The van der Waals surface area contributed by atoms with E-state index in [4.69, 9.17) is 11.6 Å². The lowest BCUT2D eigenvalue weighted by Gasteiger charge is -2.29. The molecule has 0 amide bonds. The molecule has 0 radical (unpaired) electrons. The minimum atomic E-state index is -3.25. The molecule has 0 unspecified atom stereocenters. The second kappa shape index (κ2) is 6.43. The zero-order chi connectivity index (χ0) is 14.8. The molecule has 6 heteroatoms. The highest BCUT2D eigenvalue weighted by atomic mass is 35.5. The maximum Gasteiger partial charge on any atom is 0.175 e. The van der Waals surface area contributed by atoms with Crippen molar-refractivity contribution in [2.24, 2.45) is 0 Å². The number of likely N-dealkylation sites (tertiary alicyclic amines) is 1. The van der Waals surface area contributed by atoms with E-state index in [0.717, 1.165) is 25.9 Å². The zero-order valence-corrected chi connectivity index (χ0v) is 13.5. The van der Waals surface area contributed by atoms with E-state index in [0.29, 0.717) is 28.1 Å². The lowest BCUT2D eigenvalue weighted by atomic mass is 10.1. The van der Waals surface area contributed by atoms with E-state index < -0.39 is 9.84 Å². The quantitative estimate of drug-likeness (QED) is 0.922. The van der Waals surface area contributed by atoms with E-state index >= 15 is 0 Å². The number of benzene rings is 1. The van der Waals surface area contributed by atoms with Crippen LogP contribution in [0.3, 0.4) is 0 Å². The molecule has 1 heterocycles. The highest BCUT2D eigenvalue weighted by Gasteiger charge is 2.19. The van der Waals surface area contributed by atoms with Gasteiger partial charge < -0.3 is 10.2 Å². The Balaban J connectivity index is 2.10. The standard InChI is InChI=1S/C14H21ClN2O2S/c1-17-8-6-11(7-9-17)16-10-12-13(15)4-3-5-14(12)20(2,18)19/h3-5,11,16H,6-10H2,1-2H3. The van der Waals surface area contributed by atoms with Gasteiger partial charge in [-0.2, -0.15) is 0 Å². The third-order valence-corrected chi connectivity index (χ3v) is 5.30. The first-order valence-corrected chi connectivity index (χ1v) is 9.04. The van der Waals surface area contributed by atoms with Crippen molar-refractivity contribution in [2.75, 3.05) is 26.4 Å². The molecular formula is C14H21ClN2O2S. The third kappa shape index (κ3) is 3.95. The Morgan fingerprint density at radius 1 is 1.35 bits per heavy atom. The number of rotatable bonds is 4. The van der Waals surface area contributed by atoms with Gasteiger partial charge in [0.1, 0.15) is 0 Å². The van der Waals surface area contributed by atoms with Crippen LogP contribution >= 0.6 is 11.6 Å². The summed E-state index contributed by atoms with van der Waals surface area (Å²) in [5.41, 5.74) is 0.676. The molecule has 1 fully saturated rings. The predicted molar refractivity (Wildman–Crippen MR) is 81.9 cm³/mol. The van der Waals surface area contributed by atoms with Gasteiger partial charge in [0.15, 0.2) is 9.84 Å². The highest BCUT2D eigenvalue weighted by Crippen LogP contribution is 2.24. The number of hydrogen-bond donors (Lipinski definition) is 1. The van der Waals surface area contributed by atoms with Crippen LogP contribution in [0.4, 0.5) is 0 Å². The first-order chi connectivity index (χ1) is 9.38. The smallest absolute Gasteiger partial charge is 0.175 e. The molecule has 0 aromatic heterocycles. The average Bonchev–Trinajstić information content (AvgIpc) is 2.38. The third-order valence-electron chi connectivity index (χ3n) is 3.76. The number of piperidine rings is 1. The van der Waals surface area contributed by atoms with Crippen LogP contribution in [-0.2, 0) is 16.4 Å². The summed E-state index contributed by atoms with van der Waals surface area (Å²) in [7, 11) is -1.13. The maximum absolute atomic E-state index is 11.8. The van der Waals surface area contributed by atoms with Crippen LogP contribution in [0.5, 0.6) is 0 Å². The van der Waals surface area contributed by atoms with Gasteiger partial charge in [0.25, 0.3) is 0 Å². The van der Waals surface area contributed by atoms with E-state index in [-0.39, 0.29) is 0 Å². The van der Waals surface area contributed by atoms with Gasteiger partial charge in [0.2, 0.25) is 0 Å². The van der Waals surface area contributed by atoms with Gasteiger partial charge in [-0.1, -0.05) is 17.7 Å². The molecule has 1 aliphatic rings. The highest BCUT2D eigenvalue weighted by molar-refractivity contribution is 7.90. The fraction of sp³-hybridized carbons (Fsp3) is 0.571. The molecule has 20 heavy (non-hydrogen) atoms. The number of sulfone groups is 1. The van der Waals surface area contributed by atoms with Crippen LogP contribution in [0.2, 0.25) is 5.02 Å². The van der Waals surface area contributed by atoms with E-state index in [1.807, 2.05) is 0 Å². The second-order valence-corrected chi connectivity index (χ2v) is 7.84. The van der Waals surface area contributed by atoms with Crippen molar-refractivity contribution < 1.29 is 8.42 Å². The van der Waals surface area contributed by atoms with Gasteiger partial charge in [0.05, 0.1) is 4.90 Å². The van der Waals surface area contributed by atoms with Gasteiger partial charge in [-0.3, -0.25) is 0 Å². The number of nitrogens with one attached hydrogen (secondary N) is 1. The van der Waals surface area contributed by atoms with E-state index in [1.54, 1.807) is 18.2 Å². The normalized spacial score (nSPS) is 18.4. The van der Waals surface area contributed by atoms with Gasteiger partial charge in [-0.15, -0.1) is 0 Å². The van der Waals surface area contributed by atoms with Crippen molar-refractivity contribution >= 4 is 21.4 Å². The van der Waals surface area contributed by atoms with Crippen LogP contribution in [0.1, 0.15) is 18.4 Å². The number of halogens is 1. The van der Waals surface area contributed by atoms with Crippen molar-refractivity contribution in [1.82, 2.24) is 10.2 Å². The molecule has 112 valence electrons. The predicted octanol–water partition coefficient (Wildman–Crippen LogP) is 1.93. The van der Waals surface area contributed by atoms with Crippen molar-refractivity contribution in [3.63, 3.8) is 0 Å². The van der Waals surface area contributed by atoms with E-state index in [1.165, 1.54) is 6.26 Å². The summed E-state index contributed by atoms with van der Waals surface area (Å²) in [5, 5.41) is 3.94. The van der Waals surface area contributed by atoms with Crippen molar-refractivity contribution in [3.05, 3.63) is 28.8 Å². The van der Waals surface area contributed by atoms with Gasteiger partial charge in [-0.05, 0) is 45.1 Å². The molecule has 0 aliphatic carbocycles. The largest absolute Gasteiger partial charge is 0.310 e. The molecule has 0 atom stereocenters. The Hall–Kier alpha value is -0.620. The molecule has 0 bridgehead atoms. The van der Waals surface area contributed by atoms with Gasteiger partial charge in [-0.25, -0.2) is 8.42 Å². The van der Waals surface area contributed by atoms with Crippen LogP contribution in [0.15, 0.2) is 23.1 Å². The summed E-state index contributed by atoms with van der Waals surface area (Å²) in [6.45, 7) is 2.63. The topological polar surface area (TPSA) is 49.4 Å². The number of nitrogens with zero attached hydrogens (tertiary/aromatic N) is 1.